The van der Waals surface area contributed by atoms with Gasteiger partial charge in [0.05, 0.1) is 0 Å². The van der Waals surface area contributed by atoms with Crippen LogP contribution in [-0.4, -0.2) is 34.5 Å². The van der Waals surface area contributed by atoms with Crippen molar-refractivity contribution in [1.29, 1.82) is 0 Å². The van der Waals surface area contributed by atoms with Gasteiger partial charge in [-0.2, -0.15) is 0 Å². The van der Waals surface area contributed by atoms with Gasteiger partial charge in [0.2, 0.25) is 5.91 Å². The predicted octanol–water partition coefficient (Wildman–Crippen LogP) is 4.16. The third-order valence-electron chi connectivity index (χ3n) is 4.59. The topological polar surface area (TPSA) is 75.4 Å². The van der Waals surface area contributed by atoms with Gasteiger partial charge in [0.15, 0.2) is 5.82 Å². The second-order valence-electron chi connectivity index (χ2n) is 7.89. The van der Waals surface area contributed by atoms with E-state index in [1.165, 1.54) is 0 Å². The van der Waals surface area contributed by atoms with Crippen LogP contribution in [0.1, 0.15) is 62.7 Å². The average Bonchev–Trinajstić information content (AvgIpc) is 3.02. The van der Waals surface area contributed by atoms with Gasteiger partial charge in [0.25, 0.3) is 5.91 Å². The lowest BCUT2D eigenvalue weighted by Crippen LogP contribution is -2.43. The minimum Gasteiger partial charge on any atom is -0.360 e. The molecule has 0 saturated heterocycles. The van der Waals surface area contributed by atoms with Crippen LogP contribution < -0.4 is 5.32 Å². The lowest BCUT2D eigenvalue weighted by Gasteiger charge is -2.28. The van der Waals surface area contributed by atoms with Gasteiger partial charge in [0.1, 0.15) is 12.3 Å². The van der Waals surface area contributed by atoms with Crippen LogP contribution in [0.25, 0.3) is 0 Å². The number of hydrogen-bond acceptors (Lipinski definition) is 4. The molecule has 2 aromatic rings. The Morgan fingerprint density at radius 2 is 1.85 bits per heavy atom. The molecule has 0 aliphatic rings. The molecule has 0 aliphatic heterocycles. The van der Waals surface area contributed by atoms with E-state index in [-0.39, 0.29) is 29.8 Å². The zero-order chi connectivity index (χ0) is 20.2. The van der Waals surface area contributed by atoms with E-state index in [0.717, 1.165) is 12.0 Å². The van der Waals surface area contributed by atoms with Crippen LogP contribution in [-0.2, 0) is 10.2 Å². The van der Waals surface area contributed by atoms with Crippen molar-refractivity contribution in [2.75, 3.05) is 11.9 Å². The molecule has 0 radical (unpaired) electrons. The highest BCUT2D eigenvalue weighted by atomic mass is 16.5. The molecule has 2 rings (SSSR count). The lowest BCUT2D eigenvalue weighted by molar-refractivity contribution is -0.117. The van der Waals surface area contributed by atoms with Crippen LogP contribution in [0, 0.1) is 6.92 Å². The molecule has 1 N–H and O–H groups in total. The van der Waals surface area contributed by atoms with E-state index in [9.17, 15) is 9.59 Å². The highest BCUT2D eigenvalue weighted by molar-refractivity contribution is 5.99. The molecule has 0 saturated carbocycles. The zero-order valence-corrected chi connectivity index (χ0v) is 17.0. The lowest BCUT2D eigenvalue weighted by atomic mass is 9.86. The van der Waals surface area contributed by atoms with Gasteiger partial charge in [-0.05, 0) is 43.4 Å². The maximum atomic E-state index is 13.0. The molecule has 1 heterocycles. The summed E-state index contributed by atoms with van der Waals surface area (Å²) in [4.78, 5) is 27.0. The molecular formula is C21H29N3O3. The molecule has 0 fully saturated rings. The molecule has 0 bridgehead atoms. The summed E-state index contributed by atoms with van der Waals surface area (Å²) in [5, 5.41) is 6.42. The van der Waals surface area contributed by atoms with E-state index in [1.54, 1.807) is 17.9 Å². The van der Waals surface area contributed by atoms with Crippen LogP contribution in [0.2, 0.25) is 0 Å². The molecule has 1 unspecified atom stereocenters. The van der Waals surface area contributed by atoms with E-state index in [1.807, 2.05) is 38.1 Å². The summed E-state index contributed by atoms with van der Waals surface area (Å²) < 4.78 is 4.95. The van der Waals surface area contributed by atoms with Crippen LogP contribution in [0.3, 0.4) is 0 Å². The molecule has 0 spiro atoms. The van der Waals surface area contributed by atoms with Crippen molar-refractivity contribution in [3.63, 3.8) is 0 Å². The van der Waals surface area contributed by atoms with Crippen LogP contribution in [0.15, 0.2) is 34.9 Å². The summed E-state index contributed by atoms with van der Waals surface area (Å²) in [6, 6.07) is 9.18. The smallest absolute Gasteiger partial charge is 0.254 e. The molecule has 2 amide bonds. The van der Waals surface area contributed by atoms with Gasteiger partial charge in [0, 0.05) is 17.7 Å². The number of carbonyl (C=O) groups excluding carboxylic acids is 2. The van der Waals surface area contributed by atoms with Crippen molar-refractivity contribution in [3.8, 4) is 0 Å². The van der Waals surface area contributed by atoms with Gasteiger partial charge < -0.3 is 14.7 Å². The number of aryl methyl sites for hydroxylation is 1. The molecule has 1 aromatic carbocycles. The zero-order valence-electron chi connectivity index (χ0n) is 17.0. The molecule has 1 aromatic heterocycles. The maximum Gasteiger partial charge on any atom is 0.254 e. The third kappa shape index (κ3) is 5.42. The largest absolute Gasteiger partial charge is 0.360 e. The van der Waals surface area contributed by atoms with Gasteiger partial charge in [-0.3, -0.25) is 9.59 Å². The summed E-state index contributed by atoms with van der Waals surface area (Å²) in [6.45, 7) is 12.0. The summed E-state index contributed by atoms with van der Waals surface area (Å²) >= 11 is 0. The number of carbonyl (C=O) groups is 2. The number of aromatic nitrogens is 1. The van der Waals surface area contributed by atoms with Crippen LogP contribution in [0.5, 0.6) is 0 Å². The van der Waals surface area contributed by atoms with Crippen LogP contribution in [0.4, 0.5) is 5.82 Å². The number of benzene rings is 1. The first-order valence-corrected chi connectivity index (χ1v) is 9.26. The van der Waals surface area contributed by atoms with Gasteiger partial charge in [-0.25, -0.2) is 0 Å². The Balaban J connectivity index is 2.14. The van der Waals surface area contributed by atoms with E-state index in [4.69, 9.17) is 4.52 Å². The Kier molecular flexibility index (Phi) is 6.41. The van der Waals surface area contributed by atoms with Crippen molar-refractivity contribution in [3.05, 3.63) is 47.2 Å². The number of amides is 2. The van der Waals surface area contributed by atoms with E-state index in [0.29, 0.717) is 17.1 Å². The first-order chi connectivity index (χ1) is 12.6. The number of nitrogens with zero attached hydrogens (tertiary/aromatic N) is 2. The van der Waals surface area contributed by atoms with E-state index < -0.39 is 0 Å². The molecule has 6 nitrogen and oxygen atoms in total. The number of rotatable bonds is 6. The highest BCUT2D eigenvalue weighted by Gasteiger charge is 2.24. The fourth-order valence-corrected chi connectivity index (χ4v) is 2.69. The second-order valence-corrected chi connectivity index (χ2v) is 7.89. The molecule has 6 heteroatoms. The fourth-order valence-electron chi connectivity index (χ4n) is 2.69. The Morgan fingerprint density at radius 3 is 2.33 bits per heavy atom. The second kappa shape index (κ2) is 8.37. The van der Waals surface area contributed by atoms with Gasteiger partial charge in [-0.1, -0.05) is 45.0 Å². The van der Waals surface area contributed by atoms with Gasteiger partial charge in [-0.15, -0.1) is 0 Å². The predicted molar refractivity (Wildman–Crippen MR) is 106 cm³/mol. The SMILES string of the molecule is CCC(C)N(CC(=O)Nc1cc(C)on1)C(=O)c1ccc(C(C)(C)C)cc1. The van der Waals surface area contributed by atoms with Crippen LogP contribution >= 0.6 is 0 Å². The summed E-state index contributed by atoms with van der Waals surface area (Å²) in [5.41, 5.74) is 1.76. The number of nitrogens with one attached hydrogen (secondary N) is 1. The standard InChI is InChI=1S/C21H29N3O3/c1-7-14(2)24(13-19(25)22-18-12-15(3)27-23-18)20(26)16-8-10-17(11-9-16)21(4,5)6/h8-12,14H,7,13H2,1-6H3,(H,22,23,25). The summed E-state index contributed by atoms with van der Waals surface area (Å²) in [5.74, 6) is 0.502. The molecule has 146 valence electrons. The Bertz CT molecular complexity index is 788. The minimum absolute atomic E-state index is 0.0214. The van der Waals surface area contributed by atoms with Crippen molar-refractivity contribution in [2.24, 2.45) is 0 Å². The van der Waals surface area contributed by atoms with Crippen molar-refractivity contribution in [1.82, 2.24) is 10.1 Å². The summed E-state index contributed by atoms with van der Waals surface area (Å²) in [6.07, 6.45) is 0.752. The van der Waals surface area contributed by atoms with Crippen molar-refractivity contribution in [2.45, 2.75) is 59.4 Å². The molecule has 0 aliphatic carbocycles. The fraction of sp³-hybridized carbons (Fsp3) is 0.476. The molecule has 1 atom stereocenters. The van der Waals surface area contributed by atoms with Gasteiger partial charge >= 0.3 is 0 Å². The molecule has 27 heavy (non-hydrogen) atoms. The third-order valence-corrected chi connectivity index (χ3v) is 4.59. The number of hydrogen-bond donors (Lipinski definition) is 1. The molecular weight excluding hydrogens is 342 g/mol. The van der Waals surface area contributed by atoms with E-state index in [2.05, 4.69) is 31.2 Å². The Labute approximate surface area is 160 Å². The first kappa shape index (κ1) is 20.7. The van der Waals surface area contributed by atoms with E-state index >= 15 is 0 Å². The normalized spacial score (nSPS) is 12.5. The monoisotopic (exact) mass is 371 g/mol. The summed E-state index contributed by atoms with van der Waals surface area (Å²) in [7, 11) is 0. The van der Waals surface area contributed by atoms with Crippen molar-refractivity contribution < 1.29 is 14.1 Å². The van der Waals surface area contributed by atoms with Crippen molar-refractivity contribution >= 4 is 17.6 Å². The Hall–Kier alpha value is -2.63. The quantitative estimate of drug-likeness (QED) is 0.827. The maximum absolute atomic E-state index is 13.0. The first-order valence-electron chi connectivity index (χ1n) is 9.26. The number of anilines is 1. The average molecular weight is 371 g/mol. The Morgan fingerprint density at radius 1 is 1.22 bits per heavy atom. The highest BCUT2D eigenvalue weighted by Crippen LogP contribution is 2.23. The minimum atomic E-state index is -0.303.